The molecule has 3 amide bonds. The molecule has 82 valence electrons. The van der Waals surface area contributed by atoms with E-state index >= 15 is 0 Å². The molecule has 0 aromatic rings. The molecule has 6 nitrogen and oxygen atoms in total. The highest BCUT2D eigenvalue weighted by atomic mass is 16.3. The van der Waals surface area contributed by atoms with Gasteiger partial charge in [-0.25, -0.2) is 4.79 Å². The van der Waals surface area contributed by atoms with Crippen LogP contribution >= 0.6 is 0 Å². The van der Waals surface area contributed by atoms with Crippen molar-refractivity contribution in [3.05, 3.63) is 0 Å². The van der Waals surface area contributed by atoms with Crippen molar-refractivity contribution in [2.24, 2.45) is 5.73 Å². The van der Waals surface area contributed by atoms with Crippen molar-refractivity contribution in [1.29, 1.82) is 0 Å². The molecule has 0 aromatic carbocycles. The van der Waals surface area contributed by atoms with Crippen LogP contribution in [0.4, 0.5) is 4.79 Å². The third-order valence-electron chi connectivity index (χ3n) is 1.54. The van der Waals surface area contributed by atoms with Gasteiger partial charge in [0.05, 0.1) is 6.10 Å². The topological polar surface area (TPSA) is 104 Å². The molecular weight excluding hydrogens is 186 g/mol. The molecular formula is C8H17N3O3. The smallest absolute Gasteiger partial charge is 0.312 e. The second-order valence-electron chi connectivity index (χ2n) is 3.03. The summed E-state index contributed by atoms with van der Waals surface area (Å²) in [5, 5.41) is 13.8. The molecule has 0 aromatic heterocycles. The van der Waals surface area contributed by atoms with E-state index in [-0.39, 0.29) is 12.3 Å². The average Bonchev–Trinajstić information content (AvgIpc) is 2.08. The Morgan fingerprint density at radius 3 is 2.43 bits per heavy atom. The Morgan fingerprint density at radius 1 is 1.36 bits per heavy atom. The predicted octanol–water partition coefficient (Wildman–Crippen LogP) is -1.07. The van der Waals surface area contributed by atoms with Gasteiger partial charge < -0.3 is 21.5 Å². The van der Waals surface area contributed by atoms with Gasteiger partial charge in [-0.1, -0.05) is 0 Å². The Labute approximate surface area is 82.9 Å². The van der Waals surface area contributed by atoms with Crippen molar-refractivity contribution in [1.82, 2.24) is 10.6 Å². The average molecular weight is 203 g/mol. The second-order valence-corrected chi connectivity index (χ2v) is 3.03. The van der Waals surface area contributed by atoms with Gasteiger partial charge in [-0.2, -0.15) is 0 Å². The van der Waals surface area contributed by atoms with Crippen LogP contribution in [0, 0.1) is 0 Å². The lowest BCUT2D eigenvalue weighted by Gasteiger charge is -2.06. The molecule has 6 heteroatoms. The first-order valence-corrected chi connectivity index (χ1v) is 4.50. The van der Waals surface area contributed by atoms with Crippen LogP contribution < -0.4 is 16.4 Å². The predicted molar refractivity (Wildman–Crippen MR) is 51.5 cm³/mol. The third-order valence-corrected chi connectivity index (χ3v) is 1.54. The number of aliphatic hydroxyl groups is 1. The van der Waals surface area contributed by atoms with Crippen LogP contribution in [-0.2, 0) is 4.79 Å². The molecule has 0 saturated carbocycles. The fourth-order valence-corrected chi connectivity index (χ4v) is 0.816. The second kappa shape index (κ2) is 7.14. The molecule has 1 atom stereocenters. The number of nitrogens with one attached hydrogen (secondary N) is 2. The van der Waals surface area contributed by atoms with Gasteiger partial charge in [0.15, 0.2) is 0 Å². The number of urea groups is 1. The highest BCUT2D eigenvalue weighted by molar-refractivity contribution is 5.76. The summed E-state index contributed by atoms with van der Waals surface area (Å²) in [7, 11) is 0. The van der Waals surface area contributed by atoms with E-state index in [1.165, 1.54) is 0 Å². The fourth-order valence-electron chi connectivity index (χ4n) is 0.816. The number of aliphatic hydroxyl groups excluding tert-OH is 1. The molecule has 0 aliphatic rings. The van der Waals surface area contributed by atoms with Crippen LogP contribution in [0.3, 0.4) is 0 Å². The van der Waals surface area contributed by atoms with Crippen LogP contribution in [0.2, 0.25) is 0 Å². The van der Waals surface area contributed by atoms with E-state index < -0.39 is 12.1 Å². The van der Waals surface area contributed by atoms with Gasteiger partial charge >= 0.3 is 6.03 Å². The highest BCUT2D eigenvalue weighted by Gasteiger charge is 2.03. The van der Waals surface area contributed by atoms with Crippen LogP contribution in [0.25, 0.3) is 0 Å². The van der Waals surface area contributed by atoms with E-state index in [9.17, 15) is 9.59 Å². The largest absolute Gasteiger partial charge is 0.393 e. The van der Waals surface area contributed by atoms with Crippen LogP contribution in [0.1, 0.15) is 19.8 Å². The fraction of sp³-hybridized carbons (Fsp3) is 0.750. The van der Waals surface area contributed by atoms with Crippen molar-refractivity contribution in [2.45, 2.75) is 25.9 Å². The Balaban J connectivity index is 3.31. The Hall–Kier alpha value is -1.30. The van der Waals surface area contributed by atoms with E-state index in [1.807, 2.05) is 0 Å². The van der Waals surface area contributed by atoms with E-state index in [1.54, 1.807) is 6.92 Å². The Bertz CT molecular complexity index is 194. The summed E-state index contributed by atoms with van der Waals surface area (Å²) in [5.41, 5.74) is 4.81. The number of nitrogens with two attached hydrogens (primary N) is 1. The van der Waals surface area contributed by atoms with E-state index in [4.69, 9.17) is 10.8 Å². The first kappa shape index (κ1) is 12.7. The lowest BCUT2D eigenvalue weighted by Crippen LogP contribution is -2.37. The minimum absolute atomic E-state index is 0.142. The highest BCUT2D eigenvalue weighted by Crippen LogP contribution is 1.94. The summed E-state index contributed by atoms with van der Waals surface area (Å²) in [6.45, 7) is 2.29. The van der Waals surface area contributed by atoms with E-state index in [2.05, 4.69) is 10.6 Å². The van der Waals surface area contributed by atoms with Crippen LogP contribution in [0.15, 0.2) is 0 Å². The minimum atomic E-state index is -0.608. The van der Waals surface area contributed by atoms with Crippen molar-refractivity contribution in [3.8, 4) is 0 Å². The number of rotatable bonds is 6. The summed E-state index contributed by atoms with van der Waals surface area (Å²) >= 11 is 0. The quantitative estimate of drug-likeness (QED) is 0.413. The lowest BCUT2D eigenvalue weighted by atomic mass is 10.2. The van der Waals surface area contributed by atoms with Gasteiger partial charge in [0.1, 0.15) is 0 Å². The van der Waals surface area contributed by atoms with Crippen LogP contribution in [-0.4, -0.2) is 36.2 Å². The maximum absolute atomic E-state index is 11.0. The molecule has 5 N–H and O–H groups in total. The molecule has 0 fully saturated rings. The first-order chi connectivity index (χ1) is 6.52. The van der Waals surface area contributed by atoms with Crippen molar-refractivity contribution in [3.63, 3.8) is 0 Å². The Kier molecular flexibility index (Phi) is 6.47. The number of amides is 3. The standard InChI is InChI=1S/C8H17N3O3/c1-6(12)2-3-7(13)10-4-5-11-8(9)14/h6,12H,2-5H2,1H3,(H,10,13)(H3,9,11,14). The van der Waals surface area contributed by atoms with E-state index in [0.29, 0.717) is 19.5 Å². The van der Waals surface area contributed by atoms with Gasteiger partial charge in [-0.05, 0) is 13.3 Å². The molecule has 0 spiro atoms. The molecule has 0 heterocycles. The summed E-state index contributed by atoms with van der Waals surface area (Å²) < 4.78 is 0. The molecule has 0 radical (unpaired) electrons. The minimum Gasteiger partial charge on any atom is -0.393 e. The third kappa shape index (κ3) is 8.79. The Morgan fingerprint density at radius 2 is 1.93 bits per heavy atom. The van der Waals surface area contributed by atoms with Gasteiger partial charge in [0.2, 0.25) is 5.91 Å². The van der Waals surface area contributed by atoms with Crippen molar-refractivity contribution < 1.29 is 14.7 Å². The van der Waals surface area contributed by atoms with Crippen molar-refractivity contribution in [2.75, 3.05) is 13.1 Å². The van der Waals surface area contributed by atoms with Gasteiger partial charge in [-0.3, -0.25) is 4.79 Å². The zero-order valence-electron chi connectivity index (χ0n) is 8.25. The van der Waals surface area contributed by atoms with Gasteiger partial charge in [0.25, 0.3) is 0 Å². The number of primary amides is 1. The zero-order valence-corrected chi connectivity index (χ0v) is 8.25. The lowest BCUT2D eigenvalue weighted by molar-refractivity contribution is -0.121. The molecule has 0 bridgehead atoms. The maximum Gasteiger partial charge on any atom is 0.312 e. The van der Waals surface area contributed by atoms with Crippen molar-refractivity contribution >= 4 is 11.9 Å². The van der Waals surface area contributed by atoms with Gasteiger partial charge in [-0.15, -0.1) is 0 Å². The van der Waals surface area contributed by atoms with Crippen LogP contribution in [0.5, 0.6) is 0 Å². The monoisotopic (exact) mass is 203 g/mol. The zero-order chi connectivity index (χ0) is 11.0. The molecule has 14 heavy (non-hydrogen) atoms. The summed E-state index contributed by atoms with van der Waals surface area (Å²) in [6.07, 6.45) is 0.257. The summed E-state index contributed by atoms with van der Waals surface area (Å²) in [6, 6.07) is -0.608. The normalized spacial score (nSPS) is 11.9. The maximum atomic E-state index is 11.0. The summed E-state index contributed by atoms with van der Waals surface area (Å²) in [4.78, 5) is 21.3. The molecule has 0 aliphatic heterocycles. The number of carbonyl (C=O) groups is 2. The first-order valence-electron chi connectivity index (χ1n) is 4.50. The summed E-state index contributed by atoms with van der Waals surface area (Å²) in [5.74, 6) is -0.142. The number of carbonyl (C=O) groups excluding carboxylic acids is 2. The molecule has 1 unspecified atom stereocenters. The molecule has 0 saturated heterocycles. The molecule has 0 rings (SSSR count). The number of hydrogen-bond donors (Lipinski definition) is 4. The van der Waals surface area contributed by atoms with Gasteiger partial charge in [0, 0.05) is 19.5 Å². The molecule has 0 aliphatic carbocycles. The SMILES string of the molecule is CC(O)CCC(=O)NCCNC(N)=O. The van der Waals surface area contributed by atoms with E-state index in [0.717, 1.165) is 0 Å². The number of hydrogen-bond acceptors (Lipinski definition) is 3.